The number of benzene rings is 2. The highest BCUT2D eigenvalue weighted by Gasteiger charge is 2.31. The summed E-state index contributed by atoms with van der Waals surface area (Å²) in [4.78, 5) is 13.5. The Bertz CT molecular complexity index is 1740. The van der Waals surface area contributed by atoms with E-state index in [1.807, 2.05) is 29.0 Å². The molecule has 1 saturated heterocycles. The molecule has 0 atom stereocenters. The number of hydrogen-bond donors (Lipinski definition) is 1. The van der Waals surface area contributed by atoms with Gasteiger partial charge in [-0.1, -0.05) is 11.3 Å². The van der Waals surface area contributed by atoms with Crippen LogP contribution in [0.3, 0.4) is 0 Å². The van der Waals surface area contributed by atoms with E-state index in [0.717, 1.165) is 24.8 Å². The van der Waals surface area contributed by atoms with Crippen molar-refractivity contribution in [2.24, 2.45) is 0 Å². The highest BCUT2D eigenvalue weighted by atomic mass is 32.2. The van der Waals surface area contributed by atoms with Gasteiger partial charge < -0.3 is 9.80 Å². The normalized spacial score (nSPS) is 15.8. The Hall–Kier alpha value is -3.66. The first-order valence-electron chi connectivity index (χ1n) is 12.4. The number of halogens is 2. The first-order valence-corrected chi connectivity index (χ1v) is 15.1. The number of pyridine rings is 1. The molecule has 0 amide bonds. The van der Waals surface area contributed by atoms with Gasteiger partial charge in [0.25, 0.3) is 0 Å². The smallest absolute Gasteiger partial charge is 0.209 e. The van der Waals surface area contributed by atoms with E-state index in [0.29, 0.717) is 51.1 Å². The number of sulfonamides is 1. The molecule has 2 aromatic heterocycles. The topological polar surface area (TPSA) is 102 Å². The molecule has 6 rings (SSSR count). The minimum atomic E-state index is -3.33. The molecule has 2 aromatic carbocycles. The van der Waals surface area contributed by atoms with Gasteiger partial charge in [0.05, 0.1) is 18.0 Å². The molecule has 0 unspecified atom stereocenters. The van der Waals surface area contributed by atoms with E-state index in [-0.39, 0.29) is 23.3 Å². The molecular weight excluding hydrogens is 542 g/mol. The van der Waals surface area contributed by atoms with E-state index in [9.17, 15) is 18.1 Å². The second kappa shape index (κ2) is 9.51. The molecule has 8 nitrogen and oxygen atoms in total. The Morgan fingerprint density at radius 1 is 1.13 bits per heavy atom. The molecule has 1 saturated carbocycles. The molecule has 0 spiro atoms. The number of aromatic nitrogens is 2. The van der Waals surface area contributed by atoms with Crippen LogP contribution in [0.1, 0.15) is 29.3 Å². The number of nitrogens with one attached hydrogen (secondary N) is 1. The minimum Gasteiger partial charge on any atom is -0.368 e. The van der Waals surface area contributed by atoms with Crippen molar-refractivity contribution in [1.82, 2.24) is 14.7 Å². The van der Waals surface area contributed by atoms with Crippen molar-refractivity contribution >= 4 is 48.8 Å². The zero-order chi connectivity index (χ0) is 27.5. The van der Waals surface area contributed by atoms with Crippen LogP contribution in [-0.2, 0) is 10.0 Å². The highest BCUT2D eigenvalue weighted by molar-refractivity contribution is 7.88. The van der Waals surface area contributed by atoms with Gasteiger partial charge in [0.2, 0.25) is 10.0 Å². The summed E-state index contributed by atoms with van der Waals surface area (Å²) in [5, 5.41) is 10.9. The quantitative estimate of drug-likeness (QED) is 0.340. The maximum atomic E-state index is 15.5. The molecule has 2 aliphatic rings. The monoisotopic (exact) mass is 566 g/mol. The third-order valence-electron chi connectivity index (χ3n) is 6.96. The molecule has 0 bridgehead atoms. The Kier molecular flexibility index (Phi) is 6.25. The van der Waals surface area contributed by atoms with Gasteiger partial charge in [0, 0.05) is 48.4 Å². The van der Waals surface area contributed by atoms with Crippen LogP contribution in [0.5, 0.6) is 0 Å². The molecule has 3 heterocycles. The van der Waals surface area contributed by atoms with Gasteiger partial charge in [-0.25, -0.2) is 31.9 Å². The molecule has 39 heavy (non-hydrogen) atoms. The third-order valence-corrected chi connectivity index (χ3v) is 8.75. The molecular formula is C27H24F2N6O2S2. The van der Waals surface area contributed by atoms with Crippen LogP contribution in [0, 0.1) is 23.0 Å². The van der Waals surface area contributed by atoms with E-state index >= 15 is 4.39 Å². The van der Waals surface area contributed by atoms with Crippen molar-refractivity contribution in [2.75, 3.05) is 36.2 Å². The summed E-state index contributed by atoms with van der Waals surface area (Å²) in [6, 6.07) is 13.0. The maximum absolute atomic E-state index is 15.5. The molecule has 200 valence electrons. The second-order valence-corrected chi connectivity index (χ2v) is 12.8. The van der Waals surface area contributed by atoms with Crippen LogP contribution in [0.4, 0.5) is 25.3 Å². The summed E-state index contributed by atoms with van der Waals surface area (Å²) in [7, 11) is -1.51. The predicted molar refractivity (Wildman–Crippen MR) is 148 cm³/mol. The summed E-state index contributed by atoms with van der Waals surface area (Å²) in [5.41, 5.74) is 3.50. The van der Waals surface area contributed by atoms with Gasteiger partial charge in [-0.05, 0) is 55.3 Å². The molecule has 1 aliphatic carbocycles. The number of thiazole rings is 1. The van der Waals surface area contributed by atoms with Gasteiger partial charge in [0.15, 0.2) is 10.9 Å². The highest BCUT2D eigenvalue weighted by Crippen LogP contribution is 2.44. The van der Waals surface area contributed by atoms with E-state index < -0.39 is 15.8 Å². The van der Waals surface area contributed by atoms with Gasteiger partial charge in [-0.2, -0.15) is 5.26 Å². The lowest BCUT2D eigenvalue weighted by molar-refractivity contribution is 0.470. The molecule has 12 heteroatoms. The lowest BCUT2D eigenvalue weighted by Crippen LogP contribution is -2.59. The number of nitrogens with zero attached hydrogens (tertiary/aromatic N) is 5. The van der Waals surface area contributed by atoms with E-state index in [1.165, 1.54) is 29.5 Å². The lowest BCUT2D eigenvalue weighted by atomic mass is 10.0. The predicted octanol–water partition coefficient (Wildman–Crippen LogP) is 4.89. The summed E-state index contributed by atoms with van der Waals surface area (Å²) in [6.07, 6.45) is 3.11. The van der Waals surface area contributed by atoms with Gasteiger partial charge >= 0.3 is 0 Å². The Balaban J connectivity index is 1.41. The number of hydrogen-bond acceptors (Lipinski definition) is 8. The standard InChI is InChI=1S/C27H24F2N6O2S2/c1-34(27-32-25(24(12-30)38-27)16-5-7-17(28)8-6-16)23-11-22(15-3-4-15)31-26-20(23)9-19(10-21(26)29)35-13-18(14-35)33-39(2,36)37/h5-11,15,18,33H,3-4,13-14H2,1-2H3. The van der Waals surface area contributed by atoms with Crippen LogP contribution in [0.2, 0.25) is 0 Å². The van der Waals surface area contributed by atoms with Crippen LogP contribution in [0.25, 0.3) is 22.2 Å². The third kappa shape index (κ3) is 5.05. The van der Waals surface area contributed by atoms with Crippen molar-refractivity contribution < 1.29 is 17.2 Å². The van der Waals surface area contributed by atoms with Crippen molar-refractivity contribution in [3.8, 4) is 17.3 Å². The molecule has 1 N–H and O–H groups in total. The number of anilines is 3. The zero-order valence-corrected chi connectivity index (χ0v) is 22.8. The average molecular weight is 567 g/mol. The summed E-state index contributed by atoms with van der Waals surface area (Å²) >= 11 is 1.21. The summed E-state index contributed by atoms with van der Waals surface area (Å²) in [6.45, 7) is 0.853. The number of rotatable bonds is 7. The zero-order valence-electron chi connectivity index (χ0n) is 21.1. The fraction of sp³-hybridized carbons (Fsp3) is 0.296. The Labute approximate surface area is 228 Å². The van der Waals surface area contributed by atoms with Crippen molar-refractivity contribution in [3.05, 3.63) is 64.7 Å². The molecule has 4 aromatic rings. The van der Waals surface area contributed by atoms with Crippen LogP contribution in [0.15, 0.2) is 42.5 Å². The van der Waals surface area contributed by atoms with Crippen molar-refractivity contribution in [2.45, 2.75) is 24.8 Å². The summed E-state index contributed by atoms with van der Waals surface area (Å²) < 4.78 is 54.7. The van der Waals surface area contributed by atoms with Crippen LogP contribution < -0.4 is 14.5 Å². The van der Waals surface area contributed by atoms with E-state index in [2.05, 4.69) is 15.8 Å². The Morgan fingerprint density at radius 2 is 1.85 bits per heavy atom. The fourth-order valence-corrected chi connectivity index (χ4v) is 6.44. The van der Waals surface area contributed by atoms with Crippen LogP contribution >= 0.6 is 11.3 Å². The molecule has 0 radical (unpaired) electrons. The fourth-order valence-electron chi connectivity index (χ4n) is 4.82. The summed E-state index contributed by atoms with van der Waals surface area (Å²) in [5.74, 6) is -0.554. The van der Waals surface area contributed by atoms with E-state index in [4.69, 9.17) is 4.98 Å². The van der Waals surface area contributed by atoms with Crippen molar-refractivity contribution in [1.29, 1.82) is 5.26 Å². The minimum absolute atomic E-state index is 0.235. The number of nitriles is 1. The first-order chi connectivity index (χ1) is 18.6. The van der Waals surface area contributed by atoms with Crippen LogP contribution in [-0.4, -0.2) is 50.8 Å². The SMILES string of the molecule is CN(c1nc(-c2ccc(F)cc2)c(C#N)s1)c1cc(C2CC2)nc2c(F)cc(N3CC(NS(C)(=O)=O)C3)cc12. The molecule has 2 fully saturated rings. The second-order valence-electron chi connectivity index (χ2n) is 10.0. The first kappa shape index (κ1) is 25.6. The van der Waals surface area contributed by atoms with Gasteiger partial charge in [0.1, 0.15) is 28.0 Å². The largest absolute Gasteiger partial charge is 0.368 e. The molecule has 1 aliphatic heterocycles. The van der Waals surface area contributed by atoms with E-state index in [1.54, 1.807) is 12.1 Å². The Morgan fingerprint density at radius 3 is 2.49 bits per heavy atom. The number of fused-ring (bicyclic) bond motifs is 1. The average Bonchev–Trinajstić information content (AvgIpc) is 3.63. The van der Waals surface area contributed by atoms with Crippen molar-refractivity contribution in [3.63, 3.8) is 0 Å². The van der Waals surface area contributed by atoms with Gasteiger partial charge in [-0.3, -0.25) is 0 Å². The van der Waals surface area contributed by atoms with Gasteiger partial charge in [-0.15, -0.1) is 0 Å². The maximum Gasteiger partial charge on any atom is 0.209 e. The lowest BCUT2D eigenvalue weighted by Gasteiger charge is -2.41.